The minimum absolute atomic E-state index is 0.578. The molecule has 1 heterocycles. The molecule has 0 aliphatic carbocycles. The minimum atomic E-state index is -5.00. The molecule has 1 aromatic carbocycles. The number of benzene rings is 1. The fraction of sp³-hybridized carbons (Fsp3) is 0.462. The van der Waals surface area contributed by atoms with Crippen LogP contribution in [0.4, 0.5) is 13.2 Å². The Morgan fingerprint density at radius 2 is 1.89 bits per heavy atom. The summed E-state index contributed by atoms with van der Waals surface area (Å²) in [5.41, 5.74) is 0.578. The molecule has 0 bridgehead atoms. The normalized spacial score (nSPS) is 31.9. The van der Waals surface area contributed by atoms with Crippen LogP contribution in [0.1, 0.15) is 24.8 Å². The van der Waals surface area contributed by atoms with Crippen LogP contribution in [0.2, 0.25) is 0 Å². The van der Waals surface area contributed by atoms with E-state index in [0.717, 1.165) is 0 Å². The highest BCUT2D eigenvalue weighted by Crippen LogP contribution is 2.46. The predicted octanol–water partition coefficient (Wildman–Crippen LogP) is 2.60. The average molecular weight is 274 g/mol. The van der Waals surface area contributed by atoms with Crippen molar-refractivity contribution in [3.8, 4) is 0 Å². The van der Waals surface area contributed by atoms with Crippen LogP contribution >= 0.6 is 0 Å². The Labute approximate surface area is 108 Å². The maximum absolute atomic E-state index is 12.8. The zero-order chi connectivity index (χ0) is 14.3. The van der Waals surface area contributed by atoms with Gasteiger partial charge in [0, 0.05) is 12.3 Å². The van der Waals surface area contributed by atoms with Crippen LogP contribution in [0.3, 0.4) is 0 Å². The van der Waals surface area contributed by atoms with E-state index in [-0.39, 0.29) is 0 Å². The summed E-state index contributed by atoms with van der Waals surface area (Å²) < 4.78 is 42.6. The van der Waals surface area contributed by atoms with Crippen molar-refractivity contribution in [3.63, 3.8) is 0 Å². The number of carbonyl (C=O) groups is 1. The molecule has 0 radical (unpaired) electrons. The van der Waals surface area contributed by atoms with Gasteiger partial charge in [-0.3, -0.25) is 4.79 Å². The Morgan fingerprint density at radius 3 is 2.42 bits per heavy atom. The standard InChI is InChI=1S/C13H13F3O3/c1-8-10(9-5-3-2-4-6-9)7-12(18,13(14,15)16)19-11(8)17/h2-6,8,10,18H,7H2,1H3/t8-,10+,12?/m1/s1. The molecule has 104 valence electrons. The molecule has 6 heteroatoms. The van der Waals surface area contributed by atoms with Crippen molar-refractivity contribution < 1.29 is 27.8 Å². The van der Waals surface area contributed by atoms with Gasteiger partial charge in [-0.1, -0.05) is 37.3 Å². The lowest BCUT2D eigenvalue weighted by atomic mass is 9.79. The van der Waals surface area contributed by atoms with Gasteiger partial charge >= 0.3 is 17.9 Å². The van der Waals surface area contributed by atoms with E-state index in [1.807, 2.05) is 0 Å². The first-order chi connectivity index (χ1) is 8.74. The fourth-order valence-electron chi connectivity index (χ4n) is 2.22. The summed E-state index contributed by atoms with van der Waals surface area (Å²) in [6.45, 7) is 1.50. The van der Waals surface area contributed by atoms with Gasteiger partial charge in [0.05, 0.1) is 5.92 Å². The van der Waals surface area contributed by atoms with Crippen molar-refractivity contribution in [1.82, 2.24) is 0 Å². The molecule has 0 spiro atoms. The highest BCUT2D eigenvalue weighted by Gasteiger charge is 2.62. The number of carbonyl (C=O) groups excluding carboxylic acids is 1. The van der Waals surface area contributed by atoms with Gasteiger partial charge in [-0.25, -0.2) is 0 Å². The molecular formula is C13H13F3O3. The predicted molar refractivity (Wildman–Crippen MR) is 60.1 cm³/mol. The zero-order valence-corrected chi connectivity index (χ0v) is 10.1. The van der Waals surface area contributed by atoms with Crippen LogP contribution in [0.15, 0.2) is 30.3 Å². The van der Waals surface area contributed by atoms with E-state index >= 15 is 0 Å². The summed E-state index contributed by atoms with van der Waals surface area (Å²) in [6.07, 6.45) is -5.69. The summed E-state index contributed by atoms with van der Waals surface area (Å²) in [4.78, 5) is 11.6. The summed E-state index contributed by atoms with van der Waals surface area (Å²) in [7, 11) is 0. The number of rotatable bonds is 1. The number of hydrogen-bond acceptors (Lipinski definition) is 3. The Morgan fingerprint density at radius 1 is 1.32 bits per heavy atom. The van der Waals surface area contributed by atoms with E-state index in [0.29, 0.717) is 5.56 Å². The van der Waals surface area contributed by atoms with Crippen molar-refractivity contribution >= 4 is 5.97 Å². The monoisotopic (exact) mass is 274 g/mol. The molecule has 0 aromatic heterocycles. The lowest BCUT2D eigenvalue weighted by molar-refractivity contribution is -0.364. The zero-order valence-electron chi connectivity index (χ0n) is 10.1. The number of alkyl halides is 3. The second-order valence-corrected chi connectivity index (χ2v) is 4.71. The number of ether oxygens (including phenoxy) is 1. The topological polar surface area (TPSA) is 46.5 Å². The molecular weight excluding hydrogens is 261 g/mol. The molecule has 1 aliphatic rings. The summed E-state index contributed by atoms with van der Waals surface area (Å²) >= 11 is 0. The highest BCUT2D eigenvalue weighted by molar-refractivity contribution is 5.74. The largest absolute Gasteiger partial charge is 0.455 e. The van der Waals surface area contributed by atoms with Gasteiger partial charge in [0.2, 0.25) is 0 Å². The number of cyclic esters (lactones) is 1. The van der Waals surface area contributed by atoms with Gasteiger partial charge in [-0.2, -0.15) is 13.2 Å². The van der Waals surface area contributed by atoms with Gasteiger partial charge in [-0.05, 0) is 5.56 Å². The van der Waals surface area contributed by atoms with Gasteiger partial charge in [0.15, 0.2) is 0 Å². The van der Waals surface area contributed by atoms with Crippen molar-refractivity contribution in [3.05, 3.63) is 35.9 Å². The lowest BCUT2D eigenvalue weighted by Gasteiger charge is -2.40. The van der Waals surface area contributed by atoms with Crippen molar-refractivity contribution in [2.75, 3.05) is 0 Å². The second-order valence-electron chi connectivity index (χ2n) is 4.71. The van der Waals surface area contributed by atoms with Crippen LogP contribution in [-0.2, 0) is 9.53 Å². The van der Waals surface area contributed by atoms with Gasteiger partial charge in [0.25, 0.3) is 0 Å². The second kappa shape index (κ2) is 4.52. The molecule has 19 heavy (non-hydrogen) atoms. The van der Waals surface area contributed by atoms with Crippen molar-refractivity contribution in [2.24, 2.45) is 5.92 Å². The smallest absolute Gasteiger partial charge is 0.423 e. The van der Waals surface area contributed by atoms with Crippen LogP contribution < -0.4 is 0 Å². The maximum Gasteiger partial charge on any atom is 0.455 e. The number of esters is 1. The van der Waals surface area contributed by atoms with E-state index in [1.54, 1.807) is 30.3 Å². The lowest BCUT2D eigenvalue weighted by Crippen LogP contribution is -2.54. The molecule has 0 saturated carbocycles. The Hall–Kier alpha value is -1.56. The Balaban J connectivity index is 2.36. The molecule has 3 atom stereocenters. The number of hydrogen-bond donors (Lipinski definition) is 1. The van der Waals surface area contributed by atoms with E-state index in [9.17, 15) is 23.1 Å². The molecule has 3 nitrogen and oxygen atoms in total. The average Bonchev–Trinajstić information content (AvgIpc) is 2.33. The van der Waals surface area contributed by atoms with E-state index in [2.05, 4.69) is 4.74 Å². The van der Waals surface area contributed by atoms with Crippen molar-refractivity contribution in [2.45, 2.75) is 31.2 Å². The van der Waals surface area contributed by atoms with Crippen LogP contribution in [0, 0.1) is 5.92 Å². The van der Waals surface area contributed by atoms with Crippen LogP contribution in [-0.4, -0.2) is 23.0 Å². The molecule has 1 aliphatic heterocycles. The van der Waals surface area contributed by atoms with Gasteiger partial charge < -0.3 is 9.84 Å². The highest BCUT2D eigenvalue weighted by atomic mass is 19.4. The molecule has 0 amide bonds. The third-order valence-corrected chi connectivity index (χ3v) is 3.41. The summed E-state index contributed by atoms with van der Waals surface area (Å²) in [5, 5.41) is 9.56. The van der Waals surface area contributed by atoms with E-state index < -0.39 is 36.2 Å². The number of halogens is 3. The van der Waals surface area contributed by atoms with Gasteiger partial charge in [0.1, 0.15) is 0 Å². The first kappa shape index (κ1) is 13.9. The van der Waals surface area contributed by atoms with Gasteiger partial charge in [-0.15, -0.1) is 0 Å². The fourth-order valence-corrected chi connectivity index (χ4v) is 2.22. The molecule has 1 unspecified atom stereocenters. The maximum atomic E-state index is 12.8. The molecule has 2 rings (SSSR count). The van der Waals surface area contributed by atoms with Crippen molar-refractivity contribution in [1.29, 1.82) is 0 Å². The molecule has 1 fully saturated rings. The third-order valence-electron chi connectivity index (χ3n) is 3.41. The van der Waals surface area contributed by atoms with Crippen LogP contribution in [0.5, 0.6) is 0 Å². The number of aliphatic hydroxyl groups is 1. The summed E-state index contributed by atoms with van der Waals surface area (Å²) in [5.74, 6) is -5.91. The summed E-state index contributed by atoms with van der Waals surface area (Å²) in [6, 6.07) is 8.35. The quantitative estimate of drug-likeness (QED) is 0.801. The third kappa shape index (κ3) is 2.45. The van der Waals surface area contributed by atoms with E-state index in [1.165, 1.54) is 6.92 Å². The first-order valence-corrected chi connectivity index (χ1v) is 5.81. The molecule has 1 saturated heterocycles. The Bertz CT molecular complexity index is 472. The van der Waals surface area contributed by atoms with Crippen LogP contribution in [0.25, 0.3) is 0 Å². The Kier molecular flexibility index (Phi) is 3.30. The molecule has 1 N–H and O–H groups in total. The minimum Gasteiger partial charge on any atom is -0.423 e. The molecule has 1 aromatic rings. The van der Waals surface area contributed by atoms with E-state index in [4.69, 9.17) is 0 Å². The first-order valence-electron chi connectivity index (χ1n) is 5.81. The SMILES string of the molecule is C[C@H]1C(=O)OC(O)(C(F)(F)F)C[C@@H]1c1ccccc1.